The van der Waals surface area contributed by atoms with Crippen LogP contribution in [0.25, 0.3) is 16.6 Å². The highest BCUT2D eigenvalue weighted by Gasteiger charge is 2.30. The summed E-state index contributed by atoms with van der Waals surface area (Å²) < 4.78 is 29.7. The van der Waals surface area contributed by atoms with Crippen molar-refractivity contribution in [2.24, 2.45) is 0 Å². The maximum Gasteiger partial charge on any atom is 0.335 e. The number of carboxylic acid groups (broad SMARTS) is 1. The topological polar surface area (TPSA) is 70.7 Å². The molecule has 0 spiro atoms. The van der Waals surface area contributed by atoms with E-state index in [9.17, 15) is 18.7 Å². The lowest BCUT2D eigenvalue weighted by molar-refractivity contribution is 0.0697. The van der Waals surface area contributed by atoms with Crippen LogP contribution in [0, 0.1) is 11.6 Å². The van der Waals surface area contributed by atoms with Gasteiger partial charge >= 0.3 is 5.97 Å². The van der Waals surface area contributed by atoms with E-state index in [0.717, 1.165) is 18.6 Å². The fourth-order valence-electron chi connectivity index (χ4n) is 4.01. The highest BCUT2D eigenvalue weighted by molar-refractivity contribution is 5.98. The number of hydrogen-bond acceptors (Lipinski definition) is 4. The van der Waals surface area contributed by atoms with E-state index in [1.165, 1.54) is 12.1 Å². The third-order valence-electron chi connectivity index (χ3n) is 5.37. The zero-order valence-electron chi connectivity index (χ0n) is 15.2. The van der Waals surface area contributed by atoms with Gasteiger partial charge in [-0.15, -0.1) is 0 Å². The van der Waals surface area contributed by atoms with Gasteiger partial charge in [-0.1, -0.05) is 0 Å². The Morgan fingerprint density at radius 2 is 2.00 bits per heavy atom. The summed E-state index contributed by atoms with van der Waals surface area (Å²) in [5, 5.41) is 14.3. The van der Waals surface area contributed by atoms with Crippen molar-refractivity contribution in [2.45, 2.75) is 18.9 Å². The molecule has 1 atom stereocenters. The van der Waals surface area contributed by atoms with E-state index in [0.29, 0.717) is 40.9 Å². The fraction of sp³-hybridized carbons (Fsp3) is 0.190. The second kappa shape index (κ2) is 6.51. The van der Waals surface area contributed by atoms with Gasteiger partial charge in [0.05, 0.1) is 17.1 Å². The molecule has 0 amide bonds. The first-order chi connectivity index (χ1) is 14.0. The van der Waals surface area contributed by atoms with E-state index in [1.807, 2.05) is 4.90 Å². The average molecular weight is 394 g/mol. The molecule has 2 aromatic heterocycles. The first-order valence-electron chi connectivity index (χ1n) is 9.25. The number of aromatic nitrogens is 3. The lowest BCUT2D eigenvalue weighted by Gasteiger charge is -2.26. The van der Waals surface area contributed by atoms with Crippen molar-refractivity contribution in [3.05, 3.63) is 71.4 Å². The Balaban J connectivity index is 1.62. The number of halogens is 2. The van der Waals surface area contributed by atoms with Crippen LogP contribution in [-0.4, -0.2) is 32.2 Å². The number of aromatic carboxylic acids is 1. The van der Waals surface area contributed by atoms with Crippen molar-refractivity contribution >= 4 is 28.3 Å². The molecule has 3 heterocycles. The molecule has 6 nitrogen and oxygen atoms in total. The predicted molar refractivity (Wildman–Crippen MR) is 103 cm³/mol. The van der Waals surface area contributed by atoms with Crippen LogP contribution in [0.2, 0.25) is 0 Å². The van der Waals surface area contributed by atoms with Gasteiger partial charge in [0.25, 0.3) is 0 Å². The number of carbonyl (C=O) groups is 1. The molecule has 146 valence electrons. The van der Waals surface area contributed by atoms with E-state index in [1.54, 1.807) is 28.9 Å². The van der Waals surface area contributed by atoms with Gasteiger partial charge in [0.15, 0.2) is 5.65 Å². The van der Waals surface area contributed by atoms with Crippen molar-refractivity contribution in [1.82, 2.24) is 14.6 Å². The molecule has 8 heteroatoms. The Labute approximate surface area is 164 Å². The Morgan fingerprint density at radius 1 is 1.14 bits per heavy atom. The van der Waals surface area contributed by atoms with Crippen LogP contribution < -0.4 is 4.90 Å². The minimum Gasteiger partial charge on any atom is -0.478 e. The summed E-state index contributed by atoms with van der Waals surface area (Å²) >= 11 is 0. The molecule has 1 fully saturated rings. The Bertz CT molecular complexity index is 1270. The summed E-state index contributed by atoms with van der Waals surface area (Å²) in [6, 6.07) is 9.66. The predicted octanol–water partition coefficient (Wildman–Crippen LogP) is 4.20. The van der Waals surface area contributed by atoms with Crippen molar-refractivity contribution in [3.63, 3.8) is 0 Å². The average Bonchev–Trinajstić information content (AvgIpc) is 3.33. The van der Waals surface area contributed by atoms with Crippen LogP contribution in [0.3, 0.4) is 0 Å². The first-order valence-corrected chi connectivity index (χ1v) is 9.25. The standard InChI is InChI=1S/C21H16F2N4O2/c22-13-4-5-16(23)14(11-13)18-2-1-8-26(18)19-7-9-27-20(24-19)15-10-12(21(28)29)3-6-17(15)25-27/h3-7,9-11,18H,1-2,8H2,(H,28,29). The maximum atomic E-state index is 14.4. The Hall–Kier alpha value is -3.55. The van der Waals surface area contributed by atoms with E-state index in [-0.39, 0.29) is 11.6 Å². The summed E-state index contributed by atoms with van der Waals surface area (Å²) in [5.41, 5.74) is 1.62. The van der Waals surface area contributed by atoms with Gasteiger partial charge in [0, 0.05) is 23.7 Å². The van der Waals surface area contributed by atoms with Gasteiger partial charge < -0.3 is 10.0 Å². The van der Waals surface area contributed by atoms with E-state index < -0.39 is 17.6 Å². The summed E-state index contributed by atoms with van der Waals surface area (Å²) in [7, 11) is 0. The van der Waals surface area contributed by atoms with Crippen molar-refractivity contribution in [1.29, 1.82) is 0 Å². The minimum absolute atomic E-state index is 0.153. The SMILES string of the molecule is O=C(O)c1ccc2nn3ccc(N4CCCC4c4cc(F)ccc4F)nc3c2c1. The lowest BCUT2D eigenvalue weighted by Crippen LogP contribution is -2.24. The number of anilines is 1. The quantitative estimate of drug-likeness (QED) is 0.564. The molecule has 1 N–H and O–H groups in total. The fourth-order valence-corrected chi connectivity index (χ4v) is 4.01. The number of hydrogen-bond donors (Lipinski definition) is 1. The van der Waals surface area contributed by atoms with Crippen LogP contribution in [0.1, 0.15) is 34.8 Å². The zero-order chi connectivity index (χ0) is 20.1. The number of carboxylic acids is 1. The smallest absolute Gasteiger partial charge is 0.335 e. The molecule has 0 aliphatic carbocycles. The summed E-state index contributed by atoms with van der Waals surface area (Å²) in [6.07, 6.45) is 3.27. The minimum atomic E-state index is -1.02. The second-order valence-corrected chi connectivity index (χ2v) is 7.11. The Morgan fingerprint density at radius 3 is 2.83 bits per heavy atom. The van der Waals surface area contributed by atoms with Gasteiger partial charge in [-0.05, 0) is 55.3 Å². The van der Waals surface area contributed by atoms with Crippen molar-refractivity contribution < 1.29 is 18.7 Å². The van der Waals surface area contributed by atoms with Crippen LogP contribution in [0.5, 0.6) is 0 Å². The largest absolute Gasteiger partial charge is 0.478 e. The third-order valence-corrected chi connectivity index (χ3v) is 5.37. The second-order valence-electron chi connectivity index (χ2n) is 7.11. The molecule has 1 unspecified atom stereocenters. The van der Waals surface area contributed by atoms with Crippen molar-refractivity contribution in [2.75, 3.05) is 11.4 Å². The van der Waals surface area contributed by atoms with E-state index in [4.69, 9.17) is 4.98 Å². The van der Waals surface area contributed by atoms with Gasteiger partial charge in [-0.3, -0.25) is 0 Å². The zero-order valence-corrected chi connectivity index (χ0v) is 15.2. The van der Waals surface area contributed by atoms with Crippen LogP contribution >= 0.6 is 0 Å². The molecule has 1 aliphatic heterocycles. The molecule has 5 rings (SSSR count). The lowest BCUT2D eigenvalue weighted by atomic mass is 10.0. The number of rotatable bonds is 3. The molecule has 29 heavy (non-hydrogen) atoms. The first kappa shape index (κ1) is 17.5. The molecule has 1 saturated heterocycles. The Kier molecular flexibility index (Phi) is 3.94. The molecule has 2 aromatic carbocycles. The van der Waals surface area contributed by atoms with Crippen LogP contribution in [0.15, 0.2) is 48.7 Å². The highest BCUT2D eigenvalue weighted by atomic mass is 19.1. The summed E-state index contributed by atoms with van der Waals surface area (Å²) in [6.45, 7) is 0.663. The summed E-state index contributed by atoms with van der Waals surface area (Å²) in [5.74, 6) is -1.32. The highest BCUT2D eigenvalue weighted by Crippen LogP contribution is 2.37. The molecular weight excluding hydrogens is 378 g/mol. The van der Waals surface area contributed by atoms with Crippen molar-refractivity contribution in [3.8, 4) is 0 Å². The normalized spacial score (nSPS) is 16.8. The molecule has 4 aromatic rings. The van der Waals surface area contributed by atoms with E-state index in [2.05, 4.69) is 5.10 Å². The molecule has 1 aliphatic rings. The molecular formula is C21H16F2N4O2. The number of benzene rings is 2. The van der Waals surface area contributed by atoms with Gasteiger partial charge in [-0.25, -0.2) is 23.1 Å². The monoisotopic (exact) mass is 394 g/mol. The van der Waals surface area contributed by atoms with Gasteiger partial charge in [0.2, 0.25) is 0 Å². The van der Waals surface area contributed by atoms with Gasteiger partial charge in [0.1, 0.15) is 17.5 Å². The third kappa shape index (κ3) is 2.88. The number of fused-ring (bicyclic) bond motifs is 3. The van der Waals surface area contributed by atoms with Gasteiger partial charge in [-0.2, -0.15) is 5.10 Å². The maximum absolute atomic E-state index is 14.4. The molecule has 0 bridgehead atoms. The van der Waals surface area contributed by atoms with Crippen LogP contribution in [-0.2, 0) is 0 Å². The number of nitrogens with zero attached hydrogens (tertiary/aromatic N) is 4. The molecule has 0 radical (unpaired) electrons. The summed E-state index contributed by atoms with van der Waals surface area (Å²) in [4.78, 5) is 18.0. The molecule has 0 saturated carbocycles. The van der Waals surface area contributed by atoms with Crippen LogP contribution in [0.4, 0.5) is 14.6 Å². The van der Waals surface area contributed by atoms with E-state index >= 15 is 0 Å².